The molecule has 1 fully saturated rings. The third-order valence-electron chi connectivity index (χ3n) is 3.97. The fourth-order valence-electron chi connectivity index (χ4n) is 2.91. The Bertz CT molecular complexity index is 454. The molecule has 2 aliphatic rings. The summed E-state index contributed by atoms with van der Waals surface area (Å²) in [4.78, 5) is 15.9. The smallest absolute Gasteiger partial charge is 0.236 e. The summed E-state index contributed by atoms with van der Waals surface area (Å²) in [5.74, 6) is 1.45. The summed E-state index contributed by atoms with van der Waals surface area (Å²) < 4.78 is 0. The van der Waals surface area contributed by atoms with Crippen molar-refractivity contribution >= 4 is 29.3 Å². The van der Waals surface area contributed by atoms with Gasteiger partial charge in [0.15, 0.2) is 0 Å². The number of halogens is 1. The first kappa shape index (κ1) is 13.3. The molecule has 2 atom stereocenters. The van der Waals surface area contributed by atoms with E-state index in [9.17, 15) is 4.79 Å². The number of thioether (sulfide) groups is 1. The van der Waals surface area contributed by atoms with Gasteiger partial charge >= 0.3 is 0 Å². The molecule has 1 aromatic carbocycles. The number of fused-ring (bicyclic) bond motifs is 1. The van der Waals surface area contributed by atoms with Gasteiger partial charge in [0.05, 0.1) is 5.25 Å². The van der Waals surface area contributed by atoms with Crippen molar-refractivity contribution in [3.8, 4) is 0 Å². The molecule has 2 heterocycles. The summed E-state index contributed by atoms with van der Waals surface area (Å²) in [6.07, 6.45) is 3.13. The van der Waals surface area contributed by atoms with Gasteiger partial charge in [-0.2, -0.15) is 0 Å². The number of piperidine rings is 1. The minimum atomic E-state index is 0.0754. The Morgan fingerprint density at radius 2 is 2.26 bits per heavy atom. The number of likely N-dealkylation sites (tertiary alicyclic amines) is 1. The summed E-state index contributed by atoms with van der Waals surface area (Å²) in [5, 5.41) is 0.0754. The average Bonchev–Trinajstić information content (AvgIpc) is 2.90. The van der Waals surface area contributed by atoms with Gasteiger partial charge in [-0.15, -0.1) is 23.4 Å². The highest BCUT2D eigenvalue weighted by atomic mass is 35.5. The van der Waals surface area contributed by atoms with Gasteiger partial charge in [0.1, 0.15) is 0 Å². The zero-order valence-corrected chi connectivity index (χ0v) is 12.4. The van der Waals surface area contributed by atoms with E-state index in [1.807, 2.05) is 11.0 Å². The van der Waals surface area contributed by atoms with Crippen molar-refractivity contribution in [3.05, 3.63) is 29.8 Å². The van der Waals surface area contributed by atoms with Gasteiger partial charge < -0.3 is 4.90 Å². The number of hydrogen-bond acceptors (Lipinski definition) is 2. The lowest BCUT2D eigenvalue weighted by Gasteiger charge is -2.33. The van der Waals surface area contributed by atoms with Crippen LogP contribution in [0.3, 0.4) is 0 Å². The van der Waals surface area contributed by atoms with E-state index in [-0.39, 0.29) is 5.25 Å². The molecule has 2 unspecified atom stereocenters. The first-order valence-corrected chi connectivity index (χ1v) is 8.28. The molecule has 0 aliphatic carbocycles. The number of hydrogen-bond donors (Lipinski definition) is 0. The van der Waals surface area contributed by atoms with Crippen LogP contribution in [0.4, 0.5) is 0 Å². The van der Waals surface area contributed by atoms with Gasteiger partial charge in [0, 0.05) is 23.9 Å². The van der Waals surface area contributed by atoms with Gasteiger partial charge in [-0.25, -0.2) is 0 Å². The lowest BCUT2D eigenvalue weighted by Crippen LogP contribution is -2.44. The van der Waals surface area contributed by atoms with Crippen LogP contribution in [0, 0.1) is 5.92 Å². The predicted molar refractivity (Wildman–Crippen MR) is 79.8 cm³/mol. The molecule has 4 heteroatoms. The molecule has 0 saturated carbocycles. The van der Waals surface area contributed by atoms with Crippen LogP contribution in [0.15, 0.2) is 29.2 Å². The molecule has 0 spiro atoms. The van der Waals surface area contributed by atoms with Crippen LogP contribution in [0.5, 0.6) is 0 Å². The molecule has 3 rings (SSSR count). The van der Waals surface area contributed by atoms with Crippen LogP contribution in [-0.2, 0) is 11.2 Å². The average molecular weight is 296 g/mol. The number of carbonyl (C=O) groups is 1. The van der Waals surface area contributed by atoms with Crippen LogP contribution in [-0.4, -0.2) is 35.0 Å². The van der Waals surface area contributed by atoms with E-state index in [0.29, 0.717) is 17.7 Å². The monoisotopic (exact) mass is 295 g/mol. The second-order valence-electron chi connectivity index (χ2n) is 5.37. The Kier molecular flexibility index (Phi) is 4.04. The molecular weight excluding hydrogens is 278 g/mol. The van der Waals surface area contributed by atoms with Crippen LogP contribution in [0.25, 0.3) is 0 Å². The van der Waals surface area contributed by atoms with Crippen LogP contribution in [0.1, 0.15) is 18.4 Å². The lowest BCUT2D eigenvalue weighted by atomic mass is 9.99. The molecule has 1 aromatic rings. The number of amides is 1. The number of benzene rings is 1. The lowest BCUT2D eigenvalue weighted by molar-refractivity contribution is -0.132. The van der Waals surface area contributed by atoms with Gasteiger partial charge in [0.25, 0.3) is 0 Å². The molecule has 2 nitrogen and oxygen atoms in total. The van der Waals surface area contributed by atoms with Crippen molar-refractivity contribution < 1.29 is 4.79 Å². The Labute approximate surface area is 123 Å². The van der Waals surface area contributed by atoms with E-state index in [2.05, 4.69) is 18.2 Å². The van der Waals surface area contributed by atoms with Crippen molar-refractivity contribution in [3.63, 3.8) is 0 Å². The molecule has 0 aromatic heterocycles. The minimum absolute atomic E-state index is 0.0754. The second kappa shape index (κ2) is 5.76. The maximum absolute atomic E-state index is 12.6. The normalized spacial score (nSPS) is 26.3. The SMILES string of the molecule is O=C(C1Cc2ccccc2S1)N1CCCC(CCl)C1. The van der Waals surface area contributed by atoms with Crippen molar-refractivity contribution in [2.24, 2.45) is 5.92 Å². The van der Waals surface area contributed by atoms with Crippen LogP contribution in [0.2, 0.25) is 0 Å². The fourth-order valence-corrected chi connectivity index (χ4v) is 4.45. The number of carbonyl (C=O) groups excluding carboxylic acids is 1. The molecule has 0 N–H and O–H groups in total. The van der Waals surface area contributed by atoms with E-state index in [4.69, 9.17) is 11.6 Å². The van der Waals surface area contributed by atoms with Crippen LogP contribution >= 0.6 is 23.4 Å². The maximum Gasteiger partial charge on any atom is 0.236 e. The first-order valence-electron chi connectivity index (χ1n) is 6.87. The predicted octanol–water partition coefficient (Wildman–Crippen LogP) is 3.18. The van der Waals surface area contributed by atoms with E-state index in [1.165, 1.54) is 10.5 Å². The molecule has 2 aliphatic heterocycles. The molecule has 0 radical (unpaired) electrons. The van der Waals surface area contributed by atoms with E-state index < -0.39 is 0 Å². The standard InChI is InChI=1S/C15H18ClNOS/c16-9-11-4-3-7-17(10-11)15(18)14-8-12-5-1-2-6-13(12)19-14/h1-2,5-6,11,14H,3-4,7-10H2. The third-order valence-corrected chi connectivity index (χ3v) is 5.71. The topological polar surface area (TPSA) is 20.3 Å². The number of alkyl halides is 1. The highest BCUT2D eigenvalue weighted by Crippen LogP contribution is 2.38. The minimum Gasteiger partial charge on any atom is -0.341 e. The van der Waals surface area contributed by atoms with Gasteiger partial charge in [0.2, 0.25) is 5.91 Å². The van der Waals surface area contributed by atoms with Crippen molar-refractivity contribution in [1.29, 1.82) is 0 Å². The largest absolute Gasteiger partial charge is 0.341 e. The molecule has 1 amide bonds. The van der Waals surface area contributed by atoms with Crippen molar-refractivity contribution in [1.82, 2.24) is 4.90 Å². The van der Waals surface area contributed by atoms with E-state index in [1.54, 1.807) is 11.8 Å². The molecule has 102 valence electrons. The van der Waals surface area contributed by atoms with E-state index in [0.717, 1.165) is 32.4 Å². The van der Waals surface area contributed by atoms with Crippen molar-refractivity contribution in [2.75, 3.05) is 19.0 Å². The fraction of sp³-hybridized carbons (Fsp3) is 0.533. The Morgan fingerprint density at radius 3 is 3.05 bits per heavy atom. The summed E-state index contributed by atoms with van der Waals surface area (Å²) in [5.41, 5.74) is 1.32. The van der Waals surface area contributed by atoms with Gasteiger partial charge in [-0.1, -0.05) is 18.2 Å². The molecule has 0 bridgehead atoms. The zero-order valence-electron chi connectivity index (χ0n) is 10.8. The summed E-state index contributed by atoms with van der Waals surface area (Å²) >= 11 is 7.66. The molecule has 19 heavy (non-hydrogen) atoms. The summed E-state index contributed by atoms with van der Waals surface area (Å²) in [6.45, 7) is 1.75. The Balaban J connectivity index is 1.66. The second-order valence-corrected chi connectivity index (χ2v) is 6.92. The van der Waals surface area contributed by atoms with E-state index >= 15 is 0 Å². The highest BCUT2D eigenvalue weighted by Gasteiger charge is 2.33. The Hall–Kier alpha value is -0.670. The van der Waals surface area contributed by atoms with Gasteiger partial charge in [-0.3, -0.25) is 4.79 Å². The van der Waals surface area contributed by atoms with Crippen molar-refractivity contribution in [2.45, 2.75) is 29.4 Å². The third kappa shape index (κ3) is 2.77. The maximum atomic E-state index is 12.6. The number of nitrogens with zero attached hydrogens (tertiary/aromatic N) is 1. The number of rotatable bonds is 2. The zero-order chi connectivity index (χ0) is 13.2. The van der Waals surface area contributed by atoms with Gasteiger partial charge in [-0.05, 0) is 36.8 Å². The Morgan fingerprint density at radius 1 is 1.42 bits per heavy atom. The molecular formula is C15H18ClNOS. The molecule has 1 saturated heterocycles. The highest BCUT2D eigenvalue weighted by molar-refractivity contribution is 8.01. The van der Waals surface area contributed by atoms with Crippen LogP contribution < -0.4 is 0 Å². The summed E-state index contributed by atoms with van der Waals surface area (Å²) in [7, 11) is 0. The first-order chi connectivity index (χ1) is 9.28. The summed E-state index contributed by atoms with van der Waals surface area (Å²) in [6, 6.07) is 8.35. The quantitative estimate of drug-likeness (QED) is 0.781.